The molecule has 0 radical (unpaired) electrons. The largest absolute Gasteiger partial charge is 0.508 e. The first kappa shape index (κ1) is 23.7. The van der Waals surface area contributed by atoms with Crippen LogP contribution in [0, 0.1) is 0 Å². The van der Waals surface area contributed by atoms with Crippen LogP contribution in [-0.2, 0) is 19.4 Å². The van der Waals surface area contributed by atoms with Gasteiger partial charge in [0.2, 0.25) is 0 Å². The van der Waals surface area contributed by atoms with Crippen LogP contribution in [0.3, 0.4) is 0 Å². The van der Waals surface area contributed by atoms with Crippen molar-refractivity contribution < 1.29 is 9.84 Å². The number of anilines is 1. The lowest BCUT2D eigenvalue weighted by Gasteiger charge is -2.31. The summed E-state index contributed by atoms with van der Waals surface area (Å²) in [6, 6.07) is 23.5. The first-order valence-corrected chi connectivity index (χ1v) is 13.2. The van der Waals surface area contributed by atoms with Gasteiger partial charge in [-0.2, -0.15) is 0 Å². The van der Waals surface area contributed by atoms with Gasteiger partial charge in [0.25, 0.3) is 0 Å². The molecule has 2 aliphatic rings. The van der Waals surface area contributed by atoms with Crippen molar-refractivity contribution in [2.75, 3.05) is 31.6 Å². The summed E-state index contributed by atoms with van der Waals surface area (Å²) in [5.74, 6) is 1.86. The van der Waals surface area contributed by atoms with E-state index in [1.807, 2.05) is 12.1 Å². The Morgan fingerprint density at radius 2 is 1.71 bits per heavy atom. The maximum atomic E-state index is 9.85. The first-order chi connectivity index (χ1) is 17.1. The van der Waals surface area contributed by atoms with Crippen molar-refractivity contribution in [2.45, 2.75) is 57.6 Å². The zero-order chi connectivity index (χ0) is 24.2. The predicted molar refractivity (Wildman–Crippen MR) is 144 cm³/mol. The number of piperidine rings is 1. The highest BCUT2D eigenvalue weighted by atomic mass is 16.5. The van der Waals surface area contributed by atoms with Gasteiger partial charge < -0.3 is 19.6 Å². The second-order valence-corrected chi connectivity index (χ2v) is 10.2. The third-order valence-electron chi connectivity index (χ3n) is 7.78. The van der Waals surface area contributed by atoms with Crippen LogP contribution in [-0.4, -0.2) is 42.8 Å². The molecule has 0 bridgehead atoms. The minimum absolute atomic E-state index is 0.334. The molecule has 184 valence electrons. The highest BCUT2D eigenvalue weighted by molar-refractivity contribution is 5.56. The SMILES string of the molecule is CCN(Cc1ccc(OC2CCN(C)CC2)cc1)c1ccccc1C1CCc2cc(O)ccc2C1. The maximum absolute atomic E-state index is 9.85. The number of phenols is 1. The third-order valence-corrected chi connectivity index (χ3v) is 7.78. The Morgan fingerprint density at radius 3 is 2.49 bits per heavy atom. The van der Waals surface area contributed by atoms with Gasteiger partial charge in [-0.05, 0) is 105 Å². The Balaban J connectivity index is 1.28. The normalized spacial score (nSPS) is 18.7. The fraction of sp³-hybridized carbons (Fsp3) is 0.419. The Morgan fingerprint density at radius 1 is 0.943 bits per heavy atom. The third kappa shape index (κ3) is 5.65. The van der Waals surface area contributed by atoms with Crippen LogP contribution >= 0.6 is 0 Å². The summed E-state index contributed by atoms with van der Waals surface area (Å²) in [5, 5.41) is 9.85. The van der Waals surface area contributed by atoms with Gasteiger partial charge in [0.05, 0.1) is 0 Å². The van der Waals surface area contributed by atoms with Crippen LogP contribution in [0.5, 0.6) is 11.5 Å². The Hall–Kier alpha value is -2.98. The lowest BCUT2D eigenvalue weighted by atomic mass is 9.79. The van der Waals surface area contributed by atoms with Gasteiger partial charge >= 0.3 is 0 Å². The maximum Gasteiger partial charge on any atom is 0.119 e. The number of ether oxygens (including phenoxy) is 1. The van der Waals surface area contributed by atoms with E-state index in [2.05, 4.69) is 78.4 Å². The van der Waals surface area contributed by atoms with Gasteiger partial charge in [0, 0.05) is 31.9 Å². The second-order valence-electron chi connectivity index (χ2n) is 10.2. The van der Waals surface area contributed by atoms with Crippen LogP contribution in [0.2, 0.25) is 0 Å². The second kappa shape index (κ2) is 10.7. The van der Waals surface area contributed by atoms with Crippen LogP contribution in [0.15, 0.2) is 66.7 Å². The predicted octanol–water partition coefficient (Wildman–Crippen LogP) is 6.16. The summed E-state index contributed by atoms with van der Waals surface area (Å²) in [5.41, 5.74) is 6.76. The lowest BCUT2D eigenvalue weighted by Crippen LogP contribution is -2.35. The van der Waals surface area contributed by atoms with Gasteiger partial charge in [-0.1, -0.05) is 36.4 Å². The molecule has 0 aromatic heterocycles. The summed E-state index contributed by atoms with van der Waals surface area (Å²) in [4.78, 5) is 4.87. The first-order valence-electron chi connectivity index (χ1n) is 13.2. The molecule has 1 fully saturated rings. The number of hydrogen-bond donors (Lipinski definition) is 1. The summed E-state index contributed by atoms with van der Waals surface area (Å²) in [7, 11) is 2.18. The lowest BCUT2D eigenvalue weighted by molar-refractivity contribution is 0.114. The Kier molecular flexibility index (Phi) is 7.29. The summed E-state index contributed by atoms with van der Waals surface area (Å²) in [6.45, 7) is 6.32. The molecule has 0 saturated carbocycles. The van der Waals surface area contributed by atoms with Crippen molar-refractivity contribution in [1.82, 2.24) is 4.90 Å². The molecule has 1 atom stereocenters. The highest BCUT2D eigenvalue weighted by Crippen LogP contribution is 2.38. The zero-order valence-corrected chi connectivity index (χ0v) is 21.1. The van der Waals surface area contributed by atoms with Crippen LogP contribution in [0.4, 0.5) is 5.69 Å². The summed E-state index contributed by atoms with van der Waals surface area (Å²) >= 11 is 0. The van der Waals surface area contributed by atoms with E-state index in [1.54, 1.807) is 0 Å². The van der Waals surface area contributed by atoms with Crippen LogP contribution in [0.25, 0.3) is 0 Å². The highest BCUT2D eigenvalue weighted by Gasteiger charge is 2.24. The van der Waals surface area contributed by atoms with Crippen molar-refractivity contribution >= 4 is 5.69 Å². The van der Waals surface area contributed by atoms with Gasteiger partial charge in [0.1, 0.15) is 17.6 Å². The van der Waals surface area contributed by atoms with E-state index < -0.39 is 0 Å². The van der Waals surface area contributed by atoms with Gasteiger partial charge in [-0.3, -0.25) is 0 Å². The molecule has 0 amide bonds. The number of hydrogen-bond acceptors (Lipinski definition) is 4. The molecule has 5 rings (SSSR count). The molecule has 35 heavy (non-hydrogen) atoms. The van der Waals surface area contributed by atoms with Crippen molar-refractivity contribution in [3.8, 4) is 11.5 Å². The van der Waals surface area contributed by atoms with Gasteiger partial charge in [0.15, 0.2) is 0 Å². The molecule has 4 heteroatoms. The average molecular weight is 471 g/mol. The van der Waals surface area contributed by atoms with Gasteiger partial charge in [-0.25, -0.2) is 0 Å². The van der Waals surface area contributed by atoms with E-state index in [1.165, 1.54) is 27.9 Å². The summed E-state index contributed by atoms with van der Waals surface area (Å²) in [6.07, 6.45) is 5.71. The van der Waals surface area contributed by atoms with E-state index in [-0.39, 0.29) is 0 Å². The molecule has 1 heterocycles. The average Bonchev–Trinajstić information content (AvgIpc) is 2.89. The van der Waals surface area contributed by atoms with Crippen molar-refractivity contribution in [3.05, 3.63) is 89.0 Å². The minimum atomic E-state index is 0.334. The molecule has 1 unspecified atom stereocenters. The van der Waals surface area contributed by atoms with Crippen LogP contribution < -0.4 is 9.64 Å². The minimum Gasteiger partial charge on any atom is -0.508 e. The Labute approximate surface area is 210 Å². The number of likely N-dealkylation sites (tertiary alicyclic amines) is 1. The molecule has 1 N–H and O–H groups in total. The summed E-state index contributed by atoms with van der Waals surface area (Å²) < 4.78 is 6.25. The molecule has 1 aliphatic carbocycles. The van der Waals surface area contributed by atoms with E-state index in [0.717, 1.165) is 64.0 Å². The number of nitrogens with zero attached hydrogens (tertiary/aromatic N) is 2. The van der Waals surface area contributed by atoms with Crippen molar-refractivity contribution in [2.24, 2.45) is 0 Å². The van der Waals surface area contributed by atoms with E-state index in [0.29, 0.717) is 17.8 Å². The molecular weight excluding hydrogens is 432 g/mol. The van der Waals surface area contributed by atoms with E-state index >= 15 is 0 Å². The van der Waals surface area contributed by atoms with Crippen molar-refractivity contribution in [3.63, 3.8) is 0 Å². The van der Waals surface area contributed by atoms with E-state index in [4.69, 9.17) is 4.74 Å². The number of aromatic hydroxyl groups is 1. The molecule has 3 aromatic rings. The van der Waals surface area contributed by atoms with Crippen molar-refractivity contribution in [1.29, 1.82) is 0 Å². The van der Waals surface area contributed by atoms with E-state index in [9.17, 15) is 5.11 Å². The number of fused-ring (bicyclic) bond motifs is 1. The number of para-hydroxylation sites is 1. The molecule has 1 saturated heterocycles. The zero-order valence-electron chi connectivity index (χ0n) is 21.1. The number of benzene rings is 3. The molecule has 4 nitrogen and oxygen atoms in total. The van der Waals surface area contributed by atoms with Gasteiger partial charge in [-0.15, -0.1) is 0 Å². The van der Waals surface area contributed by atoms with Crippen LogP contribution in [0.1, 0.15) is 54.4 Å². The molecular formula is C31H38N2O2. The Bertz CT molecular complexity index is 1120. The molecule has 3 aromatic carbocycles. The molecule has 0 spiro atoms. The number of phenolic OH excluding ortho intramolecular Hbond substituents is 1. The molecule has 1 aliphatic heterocycles. The standard InChI is InChI=1S/C31H38N2O2/c1-3-33(22-23-8-14-28(15-9-23)35-29-16-18-32(2)19-17-29)31-7-5-4-6-30(31)26-11-10-25-21-27(34)13-12-24(25)20-26/h4-9,12-15,21,26,29,34H,3,10-11,16-20,22H2,1-2H3. The topological polar surface area (TPSA) is 35.9 Å². The quantitative estimate of drug-likeness (QED) is 0.448. The smallest absolute Gasteiger partial charge is 0.119 e. The monoisotopic (exact) mass is 470 g/mol. The fourth-order valence-corrected chi connectivity index (χ4v) is 5.68. The fourth-order valence-electron chi connectivity index (χ4n) is 5.68. The number of aryl methyl sites for hydroxylation is 1. The number of rotatable bonds is 7.